The second-order valence-electron chi connectivity index (χ2n) is 4.26. The number of hydrogen-bond donors (Lipinski definition) is 2. The van der Waals surface area contributed by atoms with Crippen molar-refractivity contribution in [2.45, 2.75) is 20.8 Å². The van der Waals surface area contributed by atoms with Crippen molar-refractivity contribution in [1.82, 2.24) is 0 Å². The van der Waals surface area contributed by atoms with Crippen LogP contribution in [0.4, 0.5) is 17.1 Å². The molecule has 0 atom stereocenters. The summed E-state index contributed by atoms with van der Waals surface area (Å²) < 4.78 is 0. The number of hydrogen-bond acceptors (Lipinski definition) is 4. The molecule has 0 spiro atoms. The number of rotatable bonds is 6. The summed E-state index contributed by atoms with van der Waals surface area (Å²) in [5, 5.41) is 17.2. The minimum Gasteiger partial charge on any atom is -0.380 e. The van der Waals surface area contributed by atoms with Gasteiger partial charge in [0, 0.05) is 13.1 Å². The Kier molecular flexibility index (Phi) is 4.75. The van der Waals surface area contributed by atoms with Crippen molar-refractivity contribution in [3.63, 3.8) is 0 Å². The van der Waals surface area contributed by atoms with Crippen LogP contribution >= 0.6 is 0 Å². The third kappa shape index (κ3) is 3.62. The van der Waals surface area contributed by atoms with E-state index in [4.69, 9.17) is 0 Å². The van der Waals surface area contributed by atoms with E-state index in [1.807, 2.05) is 13.0 Å². The van der Waals surface area contributed by atoms with Crippen LogP contribution in [0.2, 0.25) is 0 Å². The van der Waals surface area contributed by atoms with Crippen LogP contribution in [-0.4, -0.2) is 18.0 Å². The number of benzene rings is 1. The van der Waals surface area contributed by atoms with E-state index in [0.717, 1.165) is 6.54 Å². The minimum atomic E-state index is -0.347. The molecule has 0 saturated heterocycles. The second kappa shape index (κ2) is 6.08. The van der Waals surface area contributed by atoms with Crippen LogP contribution < -0.4 is 10.6 Å². The Hall–Kier alpha value is -1.78. The largest absolute Gasteiger partial charge is 0.380 e. The van der Waals surface area contributed by atoms with Gasteiger partial charge in [-0.25, -0.2) is 0 Å². The highest BCUT2D eigenvalue weighted by molar-refractivity contribution is 5.76. The standard InChI is InChI=1S/C12H19N3O2/c1-4-13-10-6-5-7-11(12(10)15(16)17)14-8-9(2)3/h5-7,9,13-14H,4,8H2,1-3H3. The number of nitro groups is 1. The highest BCUT2D eigenvalue weighted by Crippen LogP contribution is 2.32. The zero-order chi connectivity index (χ0) is 12.8. The molecule has 0 fully saturated rings. The summed E-state index contributed by atoms with van der Waals surface area (Å²) in [5.41, 5.74) is 1.25. The van der Waals surface area contributed by atoms with E-state index in [9.17, 15) is 10.1 Å². The Labute approximate surface area is 101 Å². The van der Waals surface area contributed by atoms with Crippen LogP contribution in [0.25, 0.3) is 0 Å². The maximum Gasteiger partial charge on any atom is 0.315 e. The smallest absolute Gasteiger partial charge is 0.315 e. The molecule has 2 N–H and O–H groups in total. The van der Waals surface area contributed by atoms with Gasteiger partial charge in [0.25, 0.3) is 0 Å². The van der Waals surface area contributed by atoms with E-state index in [1.54, 1.807) is 12.1 Å². The van der Waals surface area contributed by atoms with Gasteiger partial charge in [0.2, 0.25) is 0 Å². The fourth-order valence-corrected chi connectivity index (χ4v) is 1.53. The van der Waals surface area contributed by atoms with Gasteiger partial charge in [-0.15, -0.1) is 0 Å². The first-order valence-electron chi connectivity index (χ1n) is 5.81. The van der Waals surface area contributed by atoms with E-state index < -0.39 is 0 Å². The molecule has 17 heavy (non-hydrogen) atoms. The summed E-state index contributed by atoms with van der Waals surface area (Å²) in [6.45, 7) is 7.42. The maximum atomic E-state index is 11.1. The molecule has 1 aromatic carbocycles. The lowest BCUT2D eigenvalue weighted by Gasteiger charge is -2.12. The Morgan fingerprint density at radius 2 is 1.88 bits per heavy atom. The molecule has 1 rings (SSSR count). The van der Waals surface area contributed by atoms with Crippen molar-refractivity contribution in [1.29, 1.82) is 0 Å². The molecule has 0 heterocycles. The number of nitrogens with one attached hydrogen (secondary N) is 2. The summed E-state index contributed by atoms with van der Waals surface area (Å²) in [6, 6.07) is 5.27. The number of nitro benzene ring substituents is 1. The van der Waals surface area contributed by atoms with E-state index in [0.29, 0.717) is 23.8 Å². The molecule has 0 amide bonds. The third-order valence-corrected chi connectivity index (χ3v) is 2.29. The SMILES string of the molecule is CCNc1cccc(NCC(C)C)c1[N+](=O)[O-]. The minimum absolute atomic E-state index is 0.120. The highest BCUT2D eigenvalue weighted by Gasteiger charge is 2.18. The monoisotopic (exact) mass is 237 g/mol. The first kappa shape index (κ1) is 13.3. The number of nitrogens with zero attached hydrogens (tertiary/aromatic N) is 1. The number of para-hydroxylation sites is 1. The van der Waals surface area contributed by atoms with Gasteiger partial charge < -0.3 is 10.6 Å². The van der Waals surface area contributed by atoms with Gasteiger partial charge in [0.1, 0.15) is 11.4 Å². The van der Waals surface area contributed by atoms with Crippen LogP contribution in [0.5, 0.6) is 0 Å². The molecule has 0 unspecified atom stereocenters. The third-order valence-electron chi connectivity index (χ3n) is 2.29. The van der Waals surface area contributed by atoms with Gasteiger partial charge in [0.15, 0.2) is 0 Å². The van der Waals surface area contributed by atoms with E-state index in [1.165, 1.54) is 0 Å². The molecular weight excluding hydrogens is 218 g/mol. The van der Waals surface area contributed by atoms with Crippen LogP contribution in [0.3, 0.4) is 0 Å². The lowest BCUT2D eigenvalue weighted by molar-refractivity contribution is -0.383. The van der Waals surface area contributed by atoms with Crippen molar-refractivity contribution < 1.29 is 4.92 Å². The highest BCUT2D eigenvalue weighted by atomic mass is 16.6. The topological polar surface area (TPSA) is 67.2 Å². The Morgan fingerprint density at radius 3 is 2.35 bits per heavy atom. The average molecular weight is 237 g/mol. The molecule has 5 nitrogen and oxygen atoms in total. The Morgan fingerprint density at radius 1 is 1.29 bits per heavy atom. The quantitative estimate of drug-likeness (QED) is 0.589. The fraction of sp³-hybridized carbons (Fsp3) is 0.500. The molecule has 0 aliphatic carbocycles. The van der Waals surface area contributed by atoms with Crippen molar-refractivity contribution in [2.75, 3.05) is 23.7 Å². The average Bonchev–Trinajstić information content (AvgIpc) is 2.26. The van der Waals surface area contributed by atoms with Crippen LogP contribution in [0.1, 0.15) is 20.8 Å². The predicted octanol–water partition coefficient (Wildman–Crippen LogP) is 3.09. The fourth-order valence-electron chi connectivity index (χ4n) is 1.53. The molecule has 0 aliphatic rings. The number of anilines is 2. The van der Waals surface area contributed by atoms with E-state index in [2.05, 4.69) is 24.5 Å². The lowest BCUT2D eigenvalue weighted by Crippen LogP contribution is -2.10. The Bertz CT molecular complexity index is 391. The van der Waals surface area contributed by atoms with Gasteiger partial charge in [-0.2, -0.15) is 0 Å². The normalized spacial score (nSPS) is 10.4. The summed E-state index contributed by atoms with van der Waals surface area (Å²) >= 11 is 0. The first-order valence-corrected chi connectivity index (χ1v) is 5.81. The summed E-state index contributed by atoms with van der Waals surface area (Å²) in [7, 11) is 0. The molecule has 0 aromatic heterocycles. The van der Waals surface area contributed by atoms with E-state index >= 15 is 0 Å². The summed E-state index contributed by atoms with van der Waals surface area (Å²) in [4.78, 5) is 10.7. The molecule has 0 radical (unpaired) electrons. The van der Waals surface area contributed by atoms with Gasteiger partial charge in [0.05, 0.1) is 4.92 Å². The molecule has 0 saturated carbocycles. The molecular formula is C12H19N3O2. The molecule has 1 aromatic rings. The lowest BCUT2D eigenvalue weighted by atomic mass is 10.2. The van der Waals surface area contributed by atoms with Gasteiger partial charge in [-0.3, -0.25) is 10.1 Å². The Balaban J connectivity index is 3.02. The van der Waals surface area contributed by atoms with Crippen molar-refractivity contribution >= 4 is 17.1 Å². The predicted molar refractivity (Wildman–Crippen MR) is 70.6 cm³/mol. The van der Waals surface area contributed by atoms with E-state index in [-0.39, 0.29) is 10.6 Å². The van der Waals surface area contributed by atoms with Crippen molar-refractivity contribution in [3.05, 3.63) is 28.3 Å². The molecule has 5 heteroatoms. The van der Waals surface area contributed by atoms with Crippen molar-refractivity contribution in [2.24, 2.45) is 5.92 Å². The zero-order valence-electron chi connectivity index (χ0n) is 10.5. The first-order chi connectivity index (χ1) is 8.06. The molecule has 0 aliphatic heterocycles. The summed E-state index contributed by atoms with van der Waals surface area (Å²) in [5.74, 6) is 0.442. The van der Waals surface area contributed by atoms with Crippen molar-refractivity contribution in [3.8, 4) is 0 Å². The summed E-state index contributed by atoms with van der Waals surface area (Å²) in [6.07, 6.45) is 0. The second-order valence-corrected chi connectivity index (χ2v) is 4.26. The maximum absolute atomic E-state index is 11.1. The van der Waals surface area contributed by atoms with Gasteiger partial charge in [-0.1, -0.05) is 19.9 Å². The van der Waals surface area contributed by atoms with Crippen LogP contribution in [-0.2, 0) is 0 Å². The van der Waals surface area contributed by atoms with Crippen LogP contribution in [0, 0.1) is 16.0 Å². The molecule has 94 valence electrons. The molecule has 0 bridgehead atoms. The van der Waals surface area contributed by atoms with Crippen LogP contribution in [0.15, 0.2) is 18.2 Å². The zero-order valence-corrected chi connectivity index (χ0v) is 10.5. The van der Waals surface area contributed by atoms with Gasteiger partial charge >= 0.3 is 5.69 Å². The van der Waals surface area contributed by atoms with Gasteiger partial charge in [-0.05, 0) is 25.0 Å².